The van der Waals surface area contributed by atoms with Gasteiger partial charge in [-0.2, -0.15) is 0 Å². The van der Waals surface area contributed by atoms with Crippen molar-refractivity contribution in [3.05, 3.63) is 35.4 Å². The summed E-state index contributed by atoms with van der Waals surface area (Å²) in [7, 11) is 1.86. The van der Waals surface area contributed by atoms with Crippen molar-refractivity contribution in [2.75, 3.05) is 13.6 Å². The minimum absolute atomic E-state index is 0.130. The van der Waals surface area contributed by atoms with Gasteiger partial charge in [0.15, 0.2) is 0 Å². The van der Waals surface area contributed by atoms with Gasteiger partial charge in [0.05, 0.1) is 6.61 Å². The van der Waals surface area contributed by atoms with Crippen molar-refractivity contribution < 1.29 is 9.84 Å². The highest BCUT2D eigenvalue weighted by Crippen LogP contribution is 2.28. The standard InChI is InChI=1S/C11H15NO2/c1-12-6-10-11(13)9-5-3-2-4-8(9)7-14-10/h2-5,10-13H,6-7H2,1H3. The molecule has 0 fully saturated rings. The Kier molecular flexibility index (Phi) is 2.82. The minimum Gasteiger partial charge on any atom is -0.386 e. The molecule has 0 aromatic heterocycles. The number of aliphatic hydroxyl groups is 1. The van der Waals surface area contributed by atoms with E-state index in [2.05, 4.69) is 5.32 Å². The fourth-order valence-corrected chi connectivity index (χ4v) is 1.81. The normalized spacial score (nSPS) is 25.9. The number of hydrogen-bond donors (Lipinski definition) is 2. The Bertz CT molecular complexity index is 314. The van der Waals surface area contributed by atoms with E-state index in [0.29, 0.717) is 13.2 Å². The lowest BCUT2D eigenvalue weighted by Crippen LogP contribution is -2.35. The molecule has 14 heavy (non-hydrogen) atoms. The summed E-state index contributed by atoms with van der Waals surface area (Å²) in [6.07, 6.45) is -0.637. The minimum atomic E-state index is -0.507. The number of fused-ring (bicyclic) bond motifs is 1. The van der Waals surface area contributed by atoms with Gasteiger partial charge in [-0.3, -0.25) is 0 Å². The van der Waals surface area contributed by atoms with Gasteiger partial charge in [0.25, 0.3) is 0 Å². The molecule has 1 aliphatic heterocycles. The maximum Gasteiger partial charge on any atom is 0.107 e. The van der Waals surface area contributed by atoms with Gasteiger partial charge in [0.1, 0.15) is 12.2 Å². The first-order chi connectivity index (χ1) is 6.83. The van der Waals surface area contributed by atoms with Gasteiger partial charge in [0.2, 0.25) is 0 Å². The van der Waals surface area contributed by atoms with E-state index in [1.54, 1.807) is 0 Å². The second kappa shape index (κ2) is 4.09. The largest absolute Gasteiger partial charge is 0.386 e. The number of rotatable bonds is 2. The van der Waals surface area contributed by atoms with E-state index < -0.39 is 6.10 Å². The molecule has 2 rings (SSSR count). The zero-order valence-corrected chi connectivity index (χ0v) is 8.23. The first-order valence-corrected chi connectivity index (χ1v) is 4.85. The number of likely N-dealkylation sites (N-methyl/N-ethyl adjacent to an activating group) is 1. The van der Waals surface area contributed by atoms with Gasteiger partial charge in [-0.25, -0.2) is 0 Å². The van der Waals surface area contributed by atoms with Crippen LogP contribution in [0.4, 0.5) is 0 Å². The van der Waals surface area contributed by atoms with E-state index in [0.717, 1.165) is 11.1 Å². The molecule has 3 nitrogen and oxygen atoms in total. The summed E-state index contributed by atoms with van der Waals surface area (Å²) in [6.45, 7) is 1.27. The lowest BCUT2D eigenvalue weighted by atomic mass is 9.96. The van der Waals surface area contributed by atoms with Crippen LogP contribution in [0.5, 0.6) is 0 Å². The summed E-state index contributed by atoms with van der Waals surface area (Å²) in [6, 6.07) is 7.87. The van der Waals surface area contributed by atoms with Gasteiger partial charge in [0, 0.05) is 6.54 Å². The number of ether oxygens (including phenoxy) is 1. The molecular formula is C11H15NO2. The van der Waals surface area contributed by atoms with Gasteiger partial charge in [-0.15, -0.1) is 0 Å². The molecule has 2 atom stereocenters. The second-order valence-corrected chi connectivity index (χ2v) is 3.55. The number of hydrogen-bond acceptors (Lipinski definition) is 3. The van der Waals surface area contributed by atoms with Gasteiger partial charge in [-0.1, -0.05) is 24.3 Å². The summed E-state index contributed by atoms with van der Waals surface area (Å²) in [5.74, 6) is 0. The van der Waals surface area contributed by atoms with E-state index in [-0.39, 0.29) is 6.10 Å². The number of nitrogens with one attached hydrogen (secondary N) is 1. The Morgan fingerprint density at radius 3 is 3.07 bits per heavy atom. The monoisotopic (exact) mass is 193 g/mol. The Morgan fingerprint density at radius 2 is 2.29 bits per heavy atom. The fraction of sp³-hybridized carbons (Fsp3) is 0.455. The van der Waals surface area contributed by atoms with Crippen molar-refractivity contribution in [3.8, 4) is 0 Å². The van der Waals surface area contributed by atoms with Crippen LogP contribution in [0.1, 0.15) is 17.2 Å². The van der Waals surface area contributed by atoms with Crippen LogP contribution in [-0.4, -0.2) is 24.8 Å². The lowest BCUT2D eigenvalue weighted by Gasteiger charge is -2.30. The van der Waals surface area contributed by atoms with Crippen molar-refractivity contribution in [1.82, 2.24) is 5.32 Å². The SMILES string of the molecule is CNCC1OCc2ccccc2C1O. The van der Waals surface area contributed by atoms with Crippen molar-refractivity contribution in [1.29, 1.82) is 0 Å². The zero-order chi connectivity index (χ0) is 9.97. The van der Waals surface area contributed by atoms with Gasteiger partial charge < -0.3 is 15.2 Å². The van der Waals surface area contributed by atoms with Gasteiger partial charge in [-0.05, 0) is 18.2 Å². The predicted molar refractivity (Wildman–Crippen MR) is 53.9 cm³/mol. The molecule has 2 N–H and O–H groups in total. The number of benzene rings is 1. The van der Waals surface area contributed by atoms with Crippen LogP contribution in [0.25, 0.3) is 0 Å². The third kappa shape index (κ3) is 1.66. The number of aliphatic hydroxyl groups excluding tert-OH is 1. The van der Waals surface area contributed by atoms with Crippen LogP contribution in [0.15, 0.2) is 24.3 Å². The Labute approximate surface area is 83.7 Å². The highest BCUT2D eigenvalue weighted by atomic mass is 16.5. The molecule has 3 heteroatoms. The molecule has 0 saturated carbocycles. The van der Waals surface area contributed by atoms with Gasteiger partial charge >= 0.3 is 0 Å². The highest BCUT2D eigenvalue weighted by molar-refractivity contribution is 5.30. The fourth-order valence-electron chi connectivity index (χ4n) is 1.81. The van der Waals surface area contributed by atoms with E-state index in [4.69, 9.17) is 4.74 Å². The molecule has 1 aliphatic rings. The lowest BCUT2D eigenvalue weighted by molar-refractivity contribution is -0.0606. The van der Waals surface area contributed by atoms with Crippen LogP contribution in [0.3, 0.4) is 0 Å². The quantitative estimate of drug-likeness (QED) is 0.731. The van der Waals surface area contributed by atoms with Crippen molar-refractivity contribution in [2.45, 2.75) is 18.8 Å². The third-order valence-corrected chi connectivity index (χ3v) is 2.58. The average Bonchev–Trinajstić information content (AvgIpc) is 2.23. The summed E-state index contributed by atoms with van der Waals surface area (Å²) in [4.78, 5) is 0. The molecule has 76 valence electrons. The zero-order valence-electron chi connectivity index (χ0n) is 8.23. The first kappa shape index (κ1) is 9.65. The molecule has 2 unspecified atom stereocenters. The Balaban J connectivity index is 2.22. The maximum absolute atomic E-state index is 9.99. The van der Waals surface area contributed by atoms with Crippen molar-refractivity contribution in [2.24, 2.45) is 0 Å². The van der Waals surface area contributed by atoms with Crippen LogP contribution in [-0.2, 0) is 11.3 Å². The molecule has 1 heterocycles. The molecular weight excluding hydrogens is 178 g/mol. The highest BCUT2D eigenvalue weighted by Gasteiger charge is 2.27. The molecule has 0 aliphatic carbocycles. The molecule has 0 saturated heterocycles. The van der Waals surface area contributed by atoms with Crippen LogP contribution < -0.4 is 5.32 Å². The topological polar surface area (TPSA) is 41.5 Å². The van der Waals surface area contributed by atoms with Crippen LogP contribution in [0, 0.1) is 0 Å². The molecule has 0 amide bonds. The van der Waals surface area contributed by atoms with Crippen molar-refractivity contribution in [3.63, 3.8) is 0 Å². The molecule has 1 aromatic carbocycles. The third-order valence-electron chi connectivity index (χ3n) is 2.58. The average molecular weight is 193 g/mol. The van der Waals surface area contributed by atoms with E-state index in [9.17, 15) is 5.11 Å². The smallest absolute Gasteiger partial charge is 0.107 e. The molecule has 0 bridgehead atoms. The second-order valence-electron chi connectivity index (χ2n) is 3.55. The van der Waals surface area contributed by atoms with Crippen LogP contribution in [0.2, 0.25) is 0 Å². The summed E-state index contributed by atoms with van der Waals surface area (Å²) >= 11 is 0. The Hall–Kier alpha value is -0.900. The van der Waals surface area contributed by atoms with Crippen LogP contribution >= 0.6 is 0 Å². The van der Waals surface area contributed by atoms with E-state index in [1.165, 1.54) is 0 Å². The Morgan fingerprint density at radius 1 is 1.50 bits per heavy atom. The first-order valence-electron chi connectivity index (χ1n) is 4.85. The predicted octanol–water partition coefficient (Wildman–Crippen LogP) is 0.838. The summed E-state index contributed by atoms with van der Waals surface area (Å²) < 4.78 is 5.54. The molecule has 0 radical (unpaired) electrons. The summed E-state index contributed by atoms with van der Waals surface area (Å²) in [5, 5.41) is 13.0. The molecule has 0 spiro atoms. The molecule has 1 aromatic rings. The summed E-state index contributed by atoms with van der Waals surface area (Å²) in [5.41, 5.74) is 2.09. The van der Waals surface area contributed by atoms with E-state index >= 15 is 0 Å². The van der Waals surface area contributed by atoms with E-state index in [1.807, 2.05) is 31.3 Å². The van der Waals surface area contributed by atoms with Crippen molar-refractivity contribution >= 4 is 0 Å². The maximum atomic E-state index is 9.99.